The second kappa shape index (κ2) is 5.90. The smallest absolute Gasteiger partial charge is 0.273 e. The molecule has 0 aliphatic carbocycles. The molecule has 2 unspecified atom stereocenters. The van der Waals surface area contributed by atoms with Crippen molar-refractivity contribution in [3.63, 3.8) is 0 Å². The van der Waals surface area contributed by atoms with Gasteiger partial charge in [0.1, 0.15) is 0 Å². The number of nitro groups is 1. The largest absolute Gasteiger partial charge is 0.371 e. The zero-order valence-electron chi connectivity index (χ0n) is 11.3. The number of nitro benzene ring substituents is 1. The molecule has 0 saturated carbocycles. The third kappa shape index (κ3) is 3.08. The molecule has 2 rings (SSSR count). The normalized spacial score (nSPS) is 23.4. The number of nitrogens with zero attached hydrogens (tertiary/aromatic N) is 2. The molecule has 0 bridgehead atoms. The quantitative estimate of drug-likeness (QED) is 0.479. The molecule has 1 heterocycles. The van der Waals surface area contributed by atoms with E-state index in [9.17, 15) is 10.1 Å². The number of piperidine rings is 1. The van der Waals surface area contributed by atoms with E-state index in [1.807, 2.05) is 12.1 Å². The molecule has 2 atom stereocenters. The van der Waals surface area contributed by atoms with E-state index >= 15 is 0 Å². The molecule has 0 spiro atoms. The Kier molecular flexibility index (Phi) is 4.45. The molecule has 4 nitrogen and oxygen atoms in total. The fourth-order valence-corrected chi connectivity index (χ4v) is 3.00. The number of hydrogen-bond acceptors (Lipinski definition) is 3. The Morgan fingerprint density at radius 2 is 2.16 bits per heavy atom. The second-order valence-corrected chi connectivity index (χ2v) is 5.95. The summed E-state index contributed by atoms with van der Waals surface area (Å²) in [6, 6.07) is 5.43. The Balaban J connectivity index is 2.24. The van der Waals surface area contributed by atoms with Gasteiger partial charge in [-0.25, -0.2) is 0 Å². The summed E-state index contributed by atoms with van der Waals surface area (Å²) in [5.41, 5.74) is 2.03. The fourth-order valence-electron chi connectivity index (χ4n) is 2.55. The van der Waals surface area contributed by atoms with E-state index in [-0.39, 0.29) is 10.6 Å². The van der Waals surface area contributed by atoms with Gasteiger partial charge in [-0.3, -0.25) is 10.1 Å². The Morgan fingerprint density at radius 1 is 1.42 bits per heavy atom. The highest BCUT2D eigenvalue weighted by molar-refractivity contribution is 9.08. The zero-order valence-corrected chi connectivity index (χ0v) is 12.9. The van der Waals surface area contributed by atoms with Gasteiger partial charge in [0.15, 0.2) is 0 Å². The van der Waals surface area contributed by atoms with Crippen molar-refractivity contribution < 1.29 is 4.92 Å². The SMILES string of the molecule is CC1CCN(c2ccc([N+](=O)[O-])c(CBr)c2)CC1C. The van der Waals surface area contributed by atoms with Crippen LogP contribution in [0.3, 0.4) is 0 Å². The molecule has 5 heteroatoms. The van der Waals surface area contributed by atoms with Gasteiger partial charge in [-0.15, -0.1) is 0 Å². The van der Waals surface area contributed by atoms with Crippen LogP contribution in [0.2, 0.25) is 0 Å². The highest BCUT2D eigenvalue weighted by Crippen LogP contribution is 2.31. The summed E-state index contributed by atoms with van der Waals surface area (Å²) in [6.45, 7) is 6.63. The van der Waals surface area contributed by atoms with Crippen molar-refractivity contribution in [2.75, 3.05) is 18.0 Å². The maximum atomic E-state index is 10.9. The van der Waals surface area contributed by atoms with Gasteiger partial charge in [0, 0.05) is 35.7 Å². The summed E-state index contributed by atoms with van der Waals surface area (Å²) in [7, 11) is 0. The topological polar surface area (TPSA) is 46.4 Å². The molecule has 0 N–H and O–H groups in total. The summed E-state index contributed by atoms with van der Waals surface area (Å²) in [6.07, 6.45) is 1.18. The molecule has 19 heavy (non-hydrogen) atoms. The zero-order chi connectivity index (χ0) is 14.0. The van der Waals surface area contributed by atoms with Crippen LogP contribution in [0.4, 0.5) is 11.4 Å². The van der Waals surface area contributed by atoms with E-state index in [2.05, 4.69) is 34.7 Å². The lowest BCUT2D eigenvalue weighted by molar-refractivity contribution is -0.385. The van der Waals surface area contributed by atoms with Gasteiger partial charge in [0.05, 0.1) is 4.92 Å². The lowest BCUT2D eigenvalue weighted by Gasteiger charge is -2.37. The van der Waals surface area contributed by atoms with Crippen LogP contribution in [0.1, 0.15) is 25.8 Å². The molecule has 1 aromatic carbocycles. The molecular weight excluding hydrogens is 308 g/mol. The van der Waals surface area contributed by atoms with Gasteiger partial charge in [-0.2, -0.15) is 0 Å². The molecule has 0 radical (unpaired) electrons. The first-order valence-corrected chi connectivity index (χ1v) is 7.73. The van der Waals surface area contributed by atoms with Crippen molar-refractivity contribution in [3.8, 4) is 0 Å². The number of hydrogen-bond donors (Lipinski definition) is 0. The minimum absolute atomic E-state index is 0.194. The van der Waals surface area contributed by atoms with Crippen molar-refractivity contribution in [2.45, 2.75) is 25.6 Å². The van der Waals surface area contributed by atoms with Crippen LogP contribution in [0.15, 0.2) is 18.2 Å². The first-order valence-electron chi connectivity index (χ1n) is 6.61. The molecule has 1 fully saturated rings. The van der Waals surface area contributed by atoms with Crippen LogP contribution in [0.5, 0.6) is 0 Å². The lowest BCUT2D eigenvalue weighted by atomic mass is 9.88. The first kappa shape index (κ1) is 14.3. The molecule has 0 aromatic heterocycles. The van der Waals surface area contributed by atoms with Crippen LogP contribution in [0.25, 0.3) is 0 Å². The van der Waals surface area contributed by atoms with Gasteiger partial charge in [0.2, 0.25) is 0 Å². The molecule has 0 amide bonds. The van der Waals surface area contributed by atoms with E-state index in [0.29, 0.717) is 11.2 Å². The Hall–Kier alpha value is -1.10. The molecule has 104 valence electrons. The van der Waals surface area contributed by atoms with Gasteiger partial charge in [0.25, 0.3) is 5.69 Å². The molecule has 1 aliphatic heterocycles. The summed E-state index contributed by atoms with van der Waals surface area (Å²) in [5, 5.41) is 11.4. The van der Waals surface area contributed by atoms with Crippen molar-refractivity contribution in [1.82, 2.24) is 0 Å². The monoisotopic (exact) mass is 326 g/mol. The highest BCUT2D eigenvalue weighted by atomic mass is 79.9. The van der Waals surface area contributed by atoms with Crippen LogP contribution in [-0.2, 0) is 5.33 Å². The minimum Gasteiger partial charge on any atom is -0.371 e. The summed E-state index contributed by atoms with van der Waals surface area (Å²) in [4.78, 5) is 13.0. The van der Waals surface area contributed by atoms with Gasteiger partial charge < -0.3 is 4.90 Å². The van der Waals surface area contributed by atoms with E-state index in [4.69, 9.17) is 0 Å². The van der Waals surface area contributed by atoms with Gasteiger partial charge in [-0.05, 0) is 30.4 Å². The van der Waals surface area contributed by atoms with E-state index < -0.39 is 0 Å². The number of rotatable bonds is 3. The maximum absolute atomic E-state index is 10.9. The van der Waals surface area contributed by atoms with Crippen molar-refractivity contribution >= 4 is 27.3 Å². The Bertz CT molecular complexity index is 479. The number of benzene rings is 1. The number of anilines is 1. The molecule has 1 aromatic rings. The first-order chi connectivity index (χ1) is 9.02. The molecule has 1 saturated heterocycles. The van der Waals surface area contributed by atoms with Crippen LogP contribution in [0, 0.1) is 22.0 Å². The Labute approximate surface area is 122 Å². The van der Waals surface area contributed by atoms with Crippen molar-refractivity contribution in [1.29, 1.82) is 0 Å². The molecule has 1 aliphatic rings. The standard InChI is InChI=1S/C14H19BrN2O2/c1-10-5-6-16(9-11(10)2)13-3-4-14(17(18)19)12(7-13)8-15/h3-4,7,10-11H,5-6,8-9H2,1-2H3. The number of halogens is 1. The Morgan fingerprint density at radius 3 is 2.74 bits per heavy atom. The highest BCUT2D eigenvalue weighted by Gasteiger charge is 2.24. The van der Waals surface area contributed by atoms with Crippen LogP contribution < -0.4 is 4.90 Å². The molecular formula is C14H19BrN2O2. The average Bonchev–Trinajstić information content (AvgIpc) is 2.41. The van der Waals surface area contributed by atoms with Gasteiger partial charge >= 0.3 is 0 Å². The minimum atomic E-state index is -0.318. The predicted octanol–water partition coefficient (Wildman–Crippen LogP) is 3.97. The summed E-state index contributed by atoms with van der Waals surface area (Å²) in [5.74, 6) is 1.42. The summed E-state index contributed by atoms with van der Waals surface area (Å²) < 4.78 is 0. The lowest BCUT2D eigenvalue weighted by Crippen LogP contribution is -2.38. The maximum Gasteiger partial charge on any atom is 0.273 e. The van der Waals surface area contributed by atoms with Crippen molar-refractivity contribution in [2.24, 2.45) is 11.8 Å². The van der Waals surface area contributed by atoms with Crippen molar-refractivity contribution in [3.05, 3.63) is 33.9 Å². The third-order valence-electron chi connectivity index (χ3n) is 4.10. The number of alkyl halides is 1. The van der Waals surface area contributed by atoms with Crippen LogP contribution >= 0.6 is 15.9 Å². The van der Waals surface area contributed by atoms with Crippen LogP contribution in [-0.4, -0.2) is 18.0 Å². The summed E-state index contributed by atoms with van der Waals surface area (Å²) >= 11 is 3.33. The fraction of sp³-hybridized carbons (Fsp3) is 0.571. The van der Waals surface area contributed by atoms with E-state index in [1.54, 1.807) is 6.07 Å². The third-order valence-corrected chi connectivity index (χ3v) is 4.71. The second-order valence-electron chi connectivity index (χ2n) is 5.39. The average molecular weight is 327 g/mol. The van der Waals surface area contributed by atoms with E-state index in [0.717, 1.165) is 30.3 Å². The van der Waals surface area contributed by atoms with Gasteiger partial charge in [-0.1, -0.05) is 29.8 Å². The van der Waals surface area contributed by atoms with E-state index in [1.165, 1.54) is 6.42 Å². The predicted molar refractivity (Wildman–Crippen MR) is 80.9 cm³/mol.